The van der Waals surface area contributed by atoms with Crippen LogP contribution in [0.4, 0.5) is 5.13 Å². The van der Waals surface area contributed by atoms with E-state index in [4.69, 9.17) is 11.6 Å². The van der Waals surface area contributed by atoms with Gasteiger partial charge < -0.3 is 5.32 Å². The number of hydrogen-bond acceptors (Lipinski definition) is 4. The predicted molar refractivity (Wildman–Crippen MR) is 71.1 cm³/mol. The summed E-state index contributed by atoms with van der Waals surface area (Å²) in [5.74, 6) is 0.789. The van der Waals surface area contributed by atoms with Gasteiger partial charge in [0.15, 0.2) is 0 Å². The molecule has 0 radical (unpaired) electrons. The molecule has 1 aromatic carbocycles. The molecule has 0 bridgehead atoms. The van der Waals surface area contributed by atoms with E-state index in [1.54, 1.807) is 0 Å². The normalized spacial score (nSPS) is 10.4. The van der Waals surface area contributed by atoms with Gasteiger partial charge in [0, 0.05) is 27.6 Å². The molecule has 0 spiro atoms. The maximum Gasteiger partial charge on any atom is 0.202 e. The lowest BCUT2D eigenvalue weighted by Crippen LogP contribution is -1.99. The Labute approximate surface area is 111 Å². The Morgan fingerprint density at radius 3 is 3.00 bits per heavy atom. The Kier molecular flexibility index (Phi) is 3.78. The first kappa shape index (κ1) is 11.8. The quantitative estimate of drug-likeness (QED) is 0.933. The van der Waals surface area contributed by atoms with E-state index < -0.39 is 0 Å². The third kappa shape index (κ3) is 2.93. The topological polar surface area (TPSA) is 37.8 Å². The molecule has 1 N–H and O–H groups in total. The van der Waals surface area contributed by atoms with E-state index in [-0.39, 0.29) is 0 Å². The minimum atomic E-state index is 0.676. The summed E-state index contributed by atoms with van der Waals surface area (Å²) in [5.41, 5.74) is 1.10. The van der Waals surface area contributed by atoms with Gasteiger partial charge >= 0.3 is 0 Å². The Morgan fingerprint density at radius 2 is 2.31 bits per heavy atom. The molecule has 0 atom stereocenters. The van der Waals surface area contributed by atoms with Crippen molar-refractivity contribution in [2.24, 2.45) is 0 Å². The number of nitrogens with zero attached hydrogens (tertiary/aromatic N) is 2. The van der Waals surface area contributed by atoms with Gasteiger partial charge in [0.1, 0.15) is 5.82 Å². The Balaban J connectivity index is 2.07. The van der Waals surface area contributed by atoms with Crippen LogP contribution in [0, 0.1) is 6.92 Å². The standard InChI is InChI=1S/C10H9BrClN3S/c1-6-14-10(16-15-6)13-5-7-4-8(12)2-3-9(7)11/h2-4H,5H2,1H3,(H,13,14,15). The monoisotopic (exact) mass is 317 g/mol. The first-order valence-electron chi connectivity index (χ1n) is 4.63. The summed E-state index contributed by atoms with van der Waals surface area (Å²) >= 11 is 10.8. The van der Waals surface area contributed by atoms with Crippen molar-refractivity contribution in [3.05, 3.63) is 39.1 Å². The summed E-state index contributed by atoms with van der Waals surface area (Å²) in [6, 6.07) is 5.71. The van der Waals surface area contributed by atoms with Gasteiger partial charge in [0.05, 0.1) is 0 Å². The lowest BCUT2D eigenvalue weighted by atomic mass is 10.2. The summed E-state index contributed by atoms with van der Waals surface area (Å²) in [7, 11) is 0. The van der Waals surface area contributed by atoms with Crippen molar-refractivity contribution in [1.82, 2.24) is 9.36 Å². The molecule has 1 aromatic heterocycles. The zero-order valence-electron chi connectivity index (χ0n) is 8.50. The molecule has 0 unspecified atom stereocenters. The highest BCUT2D eigenvalue weighted by Crippen LogP contribution is 2.22. The smallest absolute Gasteiger partial charge is 0.202 e. The van der Waals surface area contributed by atoms with Gasteiger partial charge in [-0.05, 0) is 30.7 Å². The number of benzene rings is 1. The van der Waals surface area contributed by atoms with E-state index in [1.165, 1.54) is 11.5 Å². The van der Waals surface area contributed by atoms with Crippen molar-refractivity contribution in [3.8, 4) is 0 Å². The molecule has 2 rings (SSSR count). The van der Waals surface area contributed by atoms with Crippen molar-refractivity contribution in [3.63, 3.8) is 0 Å². The molecule has 3 nitrogen and oxygen atoms in total. The zero-order valence-corrected chi connectivity index (χ0v) is 11.7. The fraction of sp³-hybridized carbons (Fsp3) is 0.200. The molecular weight excluding hydrogens is 310 g/mol. The third-order valence-corrected chi connectivity index (χ3v) is 3.74. The molecule has 0 fully saturated rings. The van der Waals surface area contributed by atoms with Crippen LogP contribution in [0.15, 0.2) is 22.7 Å². The van der Waals surface area contributed by atoms with Crippen LogP contribution in [0.25, 0.3) is 0 Å². The molecule has 16 heavy (non-hydrogen) atoms. The molecule has 6 heteroatoms. The van der Waals surface area contributed by atoms with Crippen LogP contribution in [0.5, 0.6) is 0 Å². The highest BCUT2D eigenvalue weighted by atomic mass is 79.9. The van der Waals surface area contributed by atoms with Crippen LogP contribution >= 0.6 is 39.1 Å². The van der Waals surface area contributed by atoms with Crippen molar-refractivity contribution >= 4 is 44.2 Å². The lowest BCUT2D eigenvalue weighted by Gasteiger charge is -2.05. The maximum atomic E-state index is 5.93. The number of aromatic nitrogens is 2. The second-order valence-electron chi connectivity index (χ2n) is 3.24. The van der Waals surface area contributed by atoms with E-state index >= 15 is 0 Å². The van der Waals surface area contributed by atoms with Crippen molar-refractivity contribution in [2.75, 3.05) is 5.32 Å². The summed E-state index contributed by atoms with van der Waals surface area (Å²) < 4.78 is 5.13. The number of halogens is 2. The average molecular weight is 319 g/mol. The lowest BCUT2D eigenvalue weighted by molar-refractivity contribution is 1.10. The van der Waals surface area contributed by atoms with E-state index in [0.29, 0.717) is 6.54 Å². The molecule has 0 saturated carbocycles. The number of aryl methyl sites for hydroxylation is 1. The molecule has 1 heterocycles. The highest BCUT2D eigenvalue weighted by molar-refractivity contribution is 9.10. The summed E-state index contributed by atoms with van der Waals surface area (Å²) in [4.78, 5) is 4.23. The molecule has 84 valence electrons. The number of nitrogens with one attached hydrogen (secondary N) is 1. The molecular formula is C10H9BrClN3S. The largest absolute Gasteiger partial charge is 0.356 e. The van der Waals surface area contributed by atoms with Gasteiger partial charge in [0.2, 0.25) is 5.13 Å². The first-order chi connectivity index (χ1) is 7.65. The van der Waals surface area contributed by atoms with E-state index in [2.05, 4.69) is 30.6 Å². The van der Waals surface area contributed by atoms with Crippen molar-refractivity contribution in [1.29, 1.82) is 0 Å². The van der Waals surface area contributed by atoms with Gasteiger partial charge in [-0.2, -0.15) is 4.37 Å². The Bertz CT molecular complexity index is 501. The van der Waals surface area contributed by atoms with Crippen LogP contribution < -0.4 is 5.32 Å². The minimum Gasteiger partial charge on any atom is -0.356 e. The maximum absolute atomic E-state index is 5.93. The minimum absolute atomic E-state index is 0.676. The Morgan fingerprint density at radius 1 is 1.50 bits per heavy atom. The molecule has 2 aromatic rings. The average Bonchev–Trinajstić information content (AvgIpc) is 2.66. The second kappa shape index (κ2) is 5.12. The fourth-order valence-corrected chi connectivity index (χ4v) is 2.37. The van der Waals surface area contributed by atoms with Crippen LogP contribution in [0.3, 0.4) is 0 Å². The highest BCUT2D eigenvalue weighted by Gasteiger charge is 2.03. The van der Waals surface area contributed by atoms with E-state index in [1.807, 2.05) is 25.1 Å². The molecule has 0 saturated heterocycles. The van der Waals surface area contributed by atoms with Crippen LogP contribution in [0.1, 0.15) is 11.4 Å². The Hall–Kier alpha value is -0.650. The zero-order chi connectivity index (χ0) is 11.5. The van der Waals surface area contributed by atoms with Gasteiger partial charge in [-0.1, -0.05) is 27.5 Å². The molecule has 0 aliphatic rings. The predicted octanol–water partition coefficient (Wildman–Crippen LogP) is 3.87. The van der Waals surface area contributed by atoms with Gasteiger partial charge in [-0.25, -0.2) is 4.98 Å². The van der Waals surface area contributed by atoms with E-state index in [9.17, 15) is 0 Å². The number of hydrogen-bond donors (Lipinski definition) is 1. The number of anilines is 1. The van der Waals surface area contributed by atoms with Gasteiger partial charge in [-0.3, -0.25) is 0 Å². The van der Waals surface area contributed by atoms with Crippen molar-refractivity contribution < 1.29 is 0 Å². The summed E-state index contributed by atoms with van der Waals surface area (Å²) in [6.07, 6.45) is 0. The fourth-order valence-electron chi connectivity index (χ4n) is 1.22. The van der Waals surface area contributed by atoms with Crippen LogP contribution in [0.2, 0.25) is 5.02 Å². The third-order valence-electron chi connectivity index (χ3n) is 1.97. The SMILES string of the molecule is Cc1nsc(NCc2cc(Cl)ccc2Br)n1. The molecule has 0 aliphatic carbocycles. The molecule has 0 aliphatic heterocycles. The second-order valence-corrected chi connectivity index (χ2v) is 5.28. The molecule has 0 amide bonds. The van der Waals surface area contributed by atoms with Crippen LogP contribution in [-0.4, -0.2) is 9.36 Å². The first-order valence-corrected chi connectivity index (χ1v) is 6.57. The van der Waals surface area contributed by atoms with Crippen molar-refractivity contribution in [2.45, 2.75) is 13.5 Å². The number of rotatable bonds is 3. The van der Waals surface area contributed by atoms with E-state index in [0.717, 1.165) is 26.0 Å². The van der Waals surface area contributed by atoms with Crippen LogP contribution in [-0.2, 0) is 6.54 Å². The van der Waals surface area contributed by atoms with Gasteiger partial charge in [-0.15, -0.1) is 0 Å². The summed E-state index contributed by atoms with van der Waals surface area (Å²) in [6.45, 7) is 2.55. The van der Waals surface area contributed by atoms with Gasteiger partial charge in [0.25, 0.3) is 0 Å². The summed E-state index contributed by atoms with van der Waals surface area (Å²) in [5, 5.41) is 4.76.